The predicted molar refractivity (Wildman–Crippen MR) is 127 cm³/mol. The lowest BCUT2D eigenvalue weighted by Gasteiger charge is -2.38. The number of guanidine groups is 1. The molecule has 0 bridgehead atoms. The second-order valence-corrected chi connectivity index (χ2v) is 7.42. The van der Waals surface area contributed by atoms with Crippen LogP contribution in [0.5, 0.6) is 5.75 Å². The second kappa shape index (κ2) is 11.4. The van der Waals surface area contributed by atoms with E-state index in [1.54, 1.807) is 18.1 Å². The molecule has 0 radical (unpaired) electrons. The van der Waals surface area contributed by atoms with Gasteiger partial charge in [0.2, 0.25) is 0 Å². The molecule has 1 aromatic heterocycles. The maximum absolute atomic E-state index is 5.34. The standard InChI is InChI=1S/C21H32N6O.HI/c1-4-22-20(23-14-19-25-16-26-27(19)2)24-15-21(12-6-5-7-13-21)17-8-10-18(28-3)11-9-17;/h8-11,16H,4-7,12-15H2,1-3H3,(H2,22,23,24);1H. The van der Waals surface area contributed by atoms with Crippen LogP contribution in [0.2, 0.25) is 0 Å². The summed E-state index contributed by atoms with van der Waals surface area (Å²) in [4.78, 5) is 8.96. The minimum absolute atomic E-state index is 0. The number of aliphatic imine (C=N–C) groups is 1. The highest BCUT2D eigenvalue weighted by Gasteiger charge is 2.34. The van der Waals surface area contributed by atoms with Crippen molar-refractivity contribution in [1.82, 2.24) is 25.4 Å². The number of aromatic nitrogens is 3. The van der Waals surface area contributed by atoms with Crippen LogP contribution >= 0.6 is 24.0 Å². The summed E-state index contributed by atoms with van der Waals surface area (Å²) in [5.74, 6) is 2.57. The molecule has 7 nitrogen and oxygen atoms in total. The minimum atomic E-state index is 0. The van der Waals surface area contributed by atoms with Crippen molar-refractivity contribution in [2.45, 2.75) is 51.0 Å². The van der Waals surface area contributed by atoms with Crippen LogP contribution in [0.1, 0.15) is 50.4 Å². The molecule has 3 rings (SSSR count). The highest BCUT2D eigenvalue weighted by Crippen LogP contribution is 2.39. The van der Waals surface area contributed by atoms with Gasteiger partial charge in [-0.3, -0.25) is 4.68 Å². The van der Waals surface area contributed by atoms with Crippen LogP contribution in [0.3, 0.4) is 0 Å². The zero-order valence-electron chi connectivity index (χ0n) is 17.6. The van der Waals surface area contributed by atoms with Gasteiger partial charge in [0.05, 0.1) is 7.11 Å². The molecule has 8 heteroatoms. The molecular formula is C21H33IN6O. The lowest BCUT2D eigenvalue weighted by molar-refractivity contribution is 0.291. The highest BCUT2D eigenvalue weighted by atomic mass is 127. The Kier molecular flexibility index (Phi) is 9.19. The number of benzene rings is 1. The molecule has 1 aliphatic carbocycles. The summed E-state index contributed by atoms with van der Waals surface area (Å²) in [5, 5.41) is 11.1. The molecule has 0 unspecified atom stereocenters. The van der Waals surface area contributed by atoms with E-state index < -0.39 is 0 Å². The number of hydrogen-bond donors (Lipinski definition) is 2. The molecule has 1 aromatic carbocycles. The molecule has 0 spiro atoms. The number of hydrogen-bond acceptors (Lipinski definition) is 4. The predicted octanol–water partition coefficient (Wildman–Crippen LogP) is 3.40. The first-order chi connectivity index (χ1) is 13.7. The first kappa shape index (κ1) is 23.4. The fourth-order valence-corrected chi connectivity index (χ4v) is 3.95. The van der Waals surface area contributed by atoms with E-state index in [4.69, 9.17) is 9.73 Å². The summed E-state index contributed by atoms with van der Waals surface area (Å²) in [6.07, 6.45) is 7.79. The van der Waals surface area contributed by atoms with Gasteiger partial charge in [-0.05, 0) is 37.5 Å². The van der Waals surface area contributed by atoms with Crippen molar-refractivity contribution < 1.29 is 4.74 Å². The Labute approximate surface area is 190 Å². The molecule has 1 heterocycles. The second-order valence-electron chi connectivity index (χ2n) is 7.42. The zero-order valence-corrected chi connectivity index (χ0v) is 20.0. The van der Waals surface area contributed by atoms with Crippen LogP contribution in [0.4, 0.5) is 0 Å². The zero-order chi connectivity index (χ0) is 19.8. The van der Waals surface area contributed by atoms with E-state index in [0.717, 1.165) is 30.6 Å². The Balaban J connectivity index is 0.00000300. The lowest BCUT2D eigenvalue weighted by atomic mass is 9.69. The Morgan fingerprint density at radius 2 is 1.90 bits per heavy atom. The van der Waals surface area contributed by atoms with Crippen LogP contribution in [0.15, 0.2) is 35.6 Å². The van der Waals surface area contributed by atoms with E-state index in [0.29, 0.717) is 6.54 Å². The molecule has 0 atom stereocenters. The van der Waals surface area contributed by atoms with Crippen molar-refractivity contribution >= 4 is 29.9 Å². The van der Waals surface area contributed by atoms with Gasteiger partial charge in [0.1, 0.15) is 24.4 Å². The van der Waals surface area contributed by atoms with E-state index in [9.17, 15) is 0 Å². The number of aryl methyl sites for hydroxylation is 1. The van der Waals surface area contributed by atoms with Crippen LogP contribution in [0, 0.1) is 0 Å². The van der Waals surface area contributed by atoms with Gasteiger partial charge in [0.25, 0.3) is 0 Å². The third-order valence-corrected chi connectivity index (χ3v) is 5.64. The Morgan fingerprint density at radius 1 is 1.17 bits per heavy atom. The van der Waals surface area contributed by atoms with Crippen molar-refractivity contribution in [2.75, 3.05) is 20.2 Å². The molecule has 1 saturated carbocycles. The Morgan fingerprint density at radius 3 is 2.48 bits per heavy atom. The lowest BCUT2D eigenvalue weighted by Crippen LogP contribution is -2.46. The highest BCUT2D eigenvalue weighted by molar-refractivity contribution is 14.0. The van der Waals surface area contributed by atoms with Crippen molar-refractivity contribution in [3.05, 3.63) is 42.0 Å². The van der Waals surface area contributed by atoms with Gasteiger partial charge < -0.3 is 15.4 Å². The van der Waals surface area contributed by atoms with Crippen LogP contribution in [-0.4, -0.2) is 40.9 Å². The number of nitrogens with zero attached hydrogens (tertiary/aromatic N) is 4. The first-order valence-corrected chi connectivity index (χ1v) is 10.2. The van der Waals surface area contributed by atoms with Gasteiger partial charge in [0, 0.05) is 25.6 Å². The van der Waals surface area contributed by atoms with Crippen LogP contribution < -0.4 is 15.4 Å². The molecule has 29 heavy (non-hydrogen) atoms. The third kappa shape index (κ3) is 6.07. The number of nitrogens with one attached hydrogen (secondary N) is 2. The largest absolute Gasteiger partial charge is 0.497 e. The fraction of sp³-hybridized carbons (Fsp3) is 0.571. The minimum Gasteiger partial charge on any atom is -0.497 e. The average Bonchev–Trinajstić information content (AvgIpc) is 3.15. The maximum atomic E-state index is 5.34. The van der Waals surface area contributed by atoms with Gasteiger partial charge >= 0.3 is 0 Å². The van der Waals surface area contributed by atoms with Gasteiger partial charge in [-0.15, -0.1) is 24.0 Å². The van der Waals surface area contributed by atoms with E-state index in [-0.39, 0.29) is 29.4 Å². The summed E-state index contributed by atoms with van der Waals surface area (Å²) in [5.41, 5.74) is 1.51. The number of ether oxygens (including phenoxy) is 1. The Hall–Kier alpha value is -1.84. The molecule has 2 aromatic rings. The van der Waals surface area contributed by atoms with Gasteiger partial charge in [-0.25, -0.2) is 9.98 Å². The van der Waals surface area contributed by atoms with Gasteiger partial charge in [0.15, 0.2) is 5.96 Å². The molecular weight excluding hydrogens is 479 g/mol. The maximum Gasteiger partial charge on any atom is 0.191 e. The summed E-state index contributed by atoms with van der Waals surface area (Å²) in [7, 11) is 3.60. The topological polar surface area (TPSA) is 76.4 Å². The average molecular weight is 512 g/mol. The molecule has 160 valence electrons. The Bertz CT molecular complexity index is 768. The molecule has 0 saturated heterocycles. The quantitative estimate of drug-likeness (QED) is 0.338. The van der Waals surface area contributed by atoms with Crippen molar-refractivity contribution in [3.63, 3.8) is 0 Å². The van der Waals surface area contributed by atoms with Gasteiger partial charge in [-0.1, -0.05) is 31.4 Å². The van der Waals surface area contributed by atoms with E-state index >= 15 is 0 Å². The SMILES string of the molecule is CCNC(=NCc1ncnn1C)NCC1(c2ccc(OC)cc2)CCCCC1.I. The van der Waals surface area contributed by atoms with E-state index in [1.807, 2.05) is 7.05 Å². The molecule has 0 aliphatic heterocycles. The van der Waals surface area contributed by atoms with Crippen LogP contribution in [0.25, 0.3) is 0 Å². The number of methoxy groups -OCH3 is 1. The van der Waals surface area contributed by atoms with Crippen molar-refractivity contribution in [3.8, 4) is 5.75 Å². The number of rotatable bonds is 7. The molecule has 1 fully saturated rings. The molecule has 1 aliphatic rings. The summed E-state index contributed by atoms with van der Waals surface area (Å²) in [6, 6.07) is 8.57. The summed E-state index contributed by atoms with van der Waals surface area (Å²) >= 11 is 0. The van der Waals surface area contributed by atoms with Crippen molar-refractivity contribution in [2.24, 2.45) is 12.0 Å². The first-order valence-electron chi connectivity index (χ1n) is 10.2. The van der Waals surface area contributed by atoms with Crippen LogP contribution in [-0.2, 0) is 19.0 Å². The fourth-order valence-electron chi connectivity index (χ4n) is 3.95. The summed E-state index contributed by atoms with van der Waals surface area (Å²) < 4.78 is 7.10. The van der Waals surface area contributed by atoms with Gasteiger partial charge in [-0.2, -0.15) is 5.10 Å². The third-order valence-electron chi connectivity index (χ3n) is 5.64. The normalized spacial score (nSPS) is 16.0. The van der Waals surface area contributed by atoms with E-state index in [2.05, 4.69) is 51.9 Å². The smallest absolute Gasteiger partial charge is 0.191 e. The summed E-state index contributed by atoms with van der Waals surface area (Å²) in [6.45, 7) is 4.27. The van der Waals surface area contributed by atoms with Crippen molar-refractivity contribution in [1.29, 1.82) is 0 Å². The number of halogens is 1. The van der Waals surface area contributed by atoms with E-state index in [1.165, 1.54) is 37.7 Å². The molecule has 0 amide bonds. The molecule has 2 N–H and O–H groups in total. The monoisotopic (exact) mass is 512 g/mol.